The zero-order valence-electron chi connectivity index (χ0n) is 14.7. The van der Waals surface area contributed by atoms with Crippen molar-refractivity contribution in [2.75, 3.05) is 6.54 Å². The smallest absolute Gasteiger partial charge is 0.261 e. The molecule has 0 aliphatic heterocycles. The molecule has 0 fully saturated rings. The highest BCUT2D eigenvalue weighted by atomic mass is 79.9. The average molecular weight is 421 g/mol. The van der Waals surface area contributed by atoms with Crippen LogP contribution in [0.15, 0.2) is 70.8 Å². The average Bonchev–Trinajstić information content (AvgIpc) is 3.11. The number of nitrogens with one attached hydrogen (secondary N) is 1. The molecule has 0 spiro atoms. The van der Waals surface area contributed by atoms with E-state index in [0.29, 0.717) is 17.8 Å². The van der Waals surface area contributed by atoms with E-state index in [2.05, 4.69) is 26.3 Å². The first-order valence-corrected chi connectivity index (χ1v) is 9.22. The summed E-state index contributed by atoms with van der Waals surface area (Å²) in [6, 6.07) is 19.4. The lowest BCUT2D eigenvalue weighted by Crippen LogP contribution is -2.23. The summed E-state index contributed by atoms with van der Waals surface area (Å²) in [5.41, 5.74) is 3.23. The van der Waals surface area contributed by atoms with Crippen molar-refractivity contribution >= 4 is 27.9 Å². The first-order chi connectivity index (χ1) is 13.1. The number of benzene rings is 2. The van der Waals surface area contributed by atoms with E-state index in [1.165, 1.54) is 0 Å². The summed E-state index contributed by atoms with van der Waals surface area (Å²) in [6.07, 6.45) is 3.40. The molecule has 3 aromatic rings. The van der Waals surface area contributed by atoms with Gasteiger partial charge in [-0.1, -0.05) is 46.3 Å². The Balaban J connectivity index is 2.13. The summed E-state index contributed by atoms with van der Waals surface area (Å²) in [5, 5.41) is 16.7. The highest BCUT2D eigenvalue weighted by molar-refractivity contribution is 9.10. The Morgan fingerprint density at radius 2 is 1.93 bits per heavy atom. The number of likely N-dealkylation sites (N-methyl/N-ethyl adjacent to an activating group) is 1. The molecule has 1 amide bonds. The number of aromatic nitrogens is 2. The standard InChI is InChI=1S/C21H17BrN4O/c1-2-24-21(27)16(13-23)12-17-14-26(19-6-4-3-5-7-19)25-20(17)15-8-10-18(22)11-9-15/h3-12,14H,2H2,1H3,(H,24,27). The van der Waals surface area contributed by atoms with Gasteiger partial charge < -0.3 is 5.32 Å². The van der Waals surface area contributed by atoms with E-state index >= 15 is 0 Å². The van der Waals surface area contributed by atoms with Gasteiger partial charge in [0.15, 0.2) is 0 Å². The number of nitriles is 1. The second kappa shape index (κ2) is 8.47. The van der Waals surface area contributed by atoms with Crippen molar-refractivity contribution in [3.8, 4) is 23.0 Å². The van der Waals surface area contributed by atoms with Crippen LogP contribution in [0.25, 0.3) is 23.0 Å². The largest absolute Gasteiger partial charge is 0.352 e. The van der Waals surface area contributed by atoms with Gasteiger partial charge in [-0.15, -0.1) is 0 Å². The van der Waals surface area contributed by atoms with Crippen molar-refractivity contribution < 1.29 is 4.79 Å². The van der Waals surface area contributed by atoms with Gasteiger partial charge >= 0.3 is 0 Å². The van der Waals surface area contributed by atoms with Gasteiger partial charge in [-0.25, -0.2) is 4.68 Å². The Bertz CT molecular complexity index is 1010. The van der Waals surface area contributed by atoms with Crippen molar-refractivity contribution in [1.82, 2.24) is 15.1 Å². The number of rotatable bonds is 5. The maximum absolute atomic E-state index is 12.1. The number of hydrogen-bond acceptors (Lipinski definition) is 3. The Morgan fingerprint density at radius 3 is 2.56 bits per heavy atom. The van der Waals surface area contributed by atoms with Gasteiger partial charge in [-0.05, 0) is 37.3 Å². The molecule has 1 aromatic heterocycles. The molecule has 134 valence electrons. The SMILES string of the molecule is CCNC(=O)C(C#N)=Cc1cn(-c2ccccc2)nc1-c1ccc(Br)cc1. The van der Waals surface area contributed by atoms with E-state index in [9.17, 15) is 10.1 Å². The van der Waals surface area contributed by atoms with Crippen molar-refractivity contribution in [2.24, 2.45) is 0 Å². The molecule has 1 N–H and O–H groups in total. The quantitative estimate of drug-likeness (QED) is 0.492. The minimum Gasteiger partial charge on any atom is -0.352 e. The van der Waals surface area contributed by atoms with Crippen LogP contribution < -0.4 is 5.32 Å². The Kier molecular flexibility index (Phi) is 5.84. The molecule has 0 saturated heterocycles. The summed E-state index contributed by atoms with van der Waals surface area (Å²) < 4.78 is 2.71. The zero-order chi connectivity index (χ0) is 19.2. The molecular weight excluding hydrogens is 404 g/mol. The monoisotopic (exact) mass is 420 g/mol. The molecule has 27 heavy (non-hydrogen) atoms. The second-order valence-electron chi connectivity index (χ2n) is 5.75. The Hall–Kier alpha value is -3.17. The van der Waals surface area contributed by atoms with E-state index in [4.69, 9.17) is 0 Å². The summed E-state index contributed by atoms with van der Waals surface area (Å²) >= 11 is 3.43. The highest BCUT2D eigenvalue weighted by Crippen LogP contribution is 2.27. The number of hydrogen-bond donors (Lipinski definition) is 1. The van der Waals surface area contributed by atoms with Crippen LogP contribution in [0.1, 0.15) is 12.5 Å². The molecule has 5 nitrogen and oxygen atoms in total. The molecule has 0 aliphatic rings. The van der Waals surface area contributed by atoms with Crippen molar-refractivity contribution in [1.29, 1.82) is 5.26 Å². The Labute approximate surface area is 166 Å². The van der Waals surface area contributed by atoms with Gasteiger partial charge in [-0.3, -0.25) is 4.79 Å². The van der Waals surface area contributed by atoms with Gasteiger partial charge in [-0.2, -0.15) is 10.4 Å². The van der Waals surface area contributed by atoms with Crippen LogP contribution in [0.5, 0.6) is 0 Å². The molecule has 0 atom stereocenters. The molecule has 0 unspecified atom stereocenters. The molecule has 1 heterocycles. The number of para-hydroxylation sites is 1. The molecule has 6 heteroatoms. The van der Waals surface area contributed by atoms with E-state index in [0.717, 1.165) is 15.7 Å². The lowest BCUT2D eigenvalue weighted by atomic mass is 10.1. The van der Waals surface area contributed by atoms with Crippen LogP contribution in [0.2, 0.25) is 0 Å². The van der Waals surface area contributed by atoms with E-state index in [-0.39, 0.29) is 5.57 Å². The van der Waals surface area contributed by atoms with E-state index < -0.39 is 5.91 Å². The van der Waals surface area contributed by atoms with Crippen LogP contribution in [-0.2, 0) is 4.79 Å². The van der Waals surface area contributed by atoms with Gasteiger partial charge in [0, 0.05) is 28.3 Å². The van der Waals surface area contributed by atoms with Crippen molar-refractivity contribution in [2.45, 2.75) is 6.92 Å². The normalized spacial score (nSPS) is 11.1. The van der Waals surface area contributed by atoms with E-state index in [1.54, 1.807) is 10.8 Å². The maximum atomic E-state index is 12.1. The first-order valence-electron chi connectivity index (χ1n) is 8.43. The highest BCUT2D eigenvalue weighted by Gasteiger charge is 2.14. The molecule has 0 radical (unpaired) electrons. The summed E-state index contributed by atoms with van der Waals surface area (Å²) in [6.45, 7) is 2.27. The minimum absolute atomic E-state index is 0.0443. The van der Waals surface area contributed by atoms with Crippen LogP contribution in [0.4, 0.5) is 0 Å². The maximum Gasteiger partial charge on any atom is 0.261 e. The van der Waals surface area contributed by atoms with Crippen LogP contribution in [-0.4, -0.2) is 22.2 Å². The summed E-state index contributed by atoms with van der Waals surface area (Å²) in [7, 11) is 0. The molecule has 2 aromatic carbocycles. The fourth-order valence-corrected chi connectivity index (χ4v) is 2.86. The predicted molar refractivity (Wildman–Crippen MR) is 109 cm³/mol. The Morgan fingerprint density at radius 1 is 1.22 bits per heavy atom. The molecule has 0 aliphatic carbocycles. The summed E-state index contributed by atoms with van der Waals surface area (Å²) in [4.78, 5) is 12.1. The molecule has 3 rings (SSSR count). The lowest BCUT2D eigenvalue weighted by Gasteiger charge is -2.02. The van der Waals surface area contributed by atoms with Gasteiger partial charge in [0.1, 0.15) is 11.6 Å². The minimum atomic E-state index is -0.394. The summed E-state index contributed by atoms with van der Waals surface area (Å²) in [5.74, 6) is -0.394. The number of amides is 1. The number of carbonyl (C=O) groups excluding carboxylic acids is 1. The molecule has 0 bridgehead atoms. The third kappa shape index (κ3) is 4.33. The second-order valence-corrected chi connectivity index (χ2v) is 6.67. The zero-order valence-corrected chi connectivity index (χ0v) is 16.3. The lowest BCUT2D eigenvalue weighted by molar-refractivity contribution is -0.116. The molecular formula is C21H17BrN4O. The van der Waals surface area contributed by atoms with Crippen molar-refractivity contribution in [3.63, 3.8) is 0 Å². The van der Waals surface area contributed by atoms with Crippen LogP contribution >= 0.6 is 15.9 Å². The first kappa shape index (κ1) is 18.6. The fraction of sp³-hybridized carbons (Fsp3) is 0.0952. The number of nitrogens with zero attached hydrogens (tertiary/aromatic N) is 3. The number of halogens is 1. The third-order valence-electron chi connectivity index (χ3n) is 3.88. The van der Waals surface area contributed by atoms with Crippen LogP contribution in [0.3, 0.4) is 0 Å². The van der Waals surface area contributed by atoms with Gasteiger partial charge in [0.05, 0.1) is 11.4 Å². The van der Waals surface area contributed by atoms with Gasteiger partial charge in [0.25, 0.3) is 5.91 Å². The van der Waals surface area contributed by atoms with E-state index in [1.807, 2.05) is 73.8 Å². The predicted octanol–water partition coefficient (Wildman–Crippen LogP) is 4.34. The topological polar surface area (TPSA) is 70.7 Å². The molecule has 0 saturated carbocycles. The van der Waals surface area contributed by atoms with Crippen LogP contribution in [0, 0.1) is 11.3 Å². The third-order valence-corrected chi connectivity index (χ3v) is 4.41. The number of carbonyl (C=O) groups is 1. The van der Waals surface area contributed by atoms with Gasteiger partial charge in [0.2, 0.25) is 0 Å². The van der Waals surface area contributed by atoms with Crippen molar-refractivity contribution in [3.05, 3.63) is 76.4 Å². The fourth-order valence-electron chi connectivity index (χ4n) is 2.60.